The third kappa shape index (κ3) is 3.35. The Bertz CT molecular complexity index is 415. The molecule has 0 amide bonds. The molecule has 0 aliphatic heterocycles. The smallest absolute Gasteiger partial charge is 0.311 e. The van der Waals surface area contributed by atoms with Gasteiger partial charge in [0.15, 0.2) is 0 Å². The summed E-state index contributed by atoms with van der Waals surface area (Å²) in [6.45, 7) is 1.82. The van der Waals surface area contributed by atoms with E-state index in [9.17, 15) is 9.90 Å². The maximum Gasteiger partial charge on any atom is 0.311 e. The van der Waals surface area contributed by atoms with Crippen LogP contribution in [0.4, 0.5) is 0 Å². The van der Waals surface area contributed by atoms with Crippen molar-refractivity contribution < 1.29 is 9.90 Å². The van der Waals surface area contributed by atoms with Crippen LogP contribution < -0.4 is 0 Å². The van der Waals surface area contributed by atoms with E-state index in [0.29, 0.717) is 6.42 Å². The van der Waals surface area contributed by atoms with Crippen molar-refractivity contribution in [2.75, 3.05) is 0 Å². The lowest BCUT2D eigenvalue weighted by atomic mass is 9.93. The minimum Gasteiger partial charge on any atom is -0.481 e. The fraction of sp³-hybridized carbons (Fsp3) is 0.250. The second-order valence-electron chi connectivity index (χ2n) is 3.57. The van der Waals surface area contributed by atoms with Crippen LogP contribution in [0.1, 0.15) is 24.8 Å². The van der Waals surface area contributed by atoms with Crippen molar-refractivity contribution in [3.05, 3.63) is 45.4 Å². The number of allylic oxidation sites excluding steroid dienone is 1. The van der Waals surface area contributed by atoms with Gasteiger partial charge in [-0.05, 0) is 25.0 Å². The average Bonchev–Trinajstić information content (AvgIpc) is 2.26. The van der Waals surface area contributed by atoms with Gasteiger partial charge >= 0.3 is 5.97 Å². The van der Waals surface area contributed by atoms with E-state index in [0.717, 1.165) is 15.6 Å². The first-order valence-corrected chi connectivity index (χ1v) is 6.02. The van der Waals surface area contributed by atoms with Crippen molar-refractivity contribution in [1.29, 1.82) is 0 Å². The van der Waals surface area contributed by atoms with Crippen molar-refractivity contribution >= 4 is 33.5 Å². The highest BCUT2D eigenvalue weighted by Crippen LogP contribution is 2.30. The summed E-state index contributed by atoms with van der Waals surface area (Å²) in [5.74, 6) is -1.41. The van der Waals surface area contributed by atoms with E-state index in [1.54, 1.807) is 0 Å². The number of hydrogen-bond acceptors (Lipinski definition) is 1. The fourth-order valence-electron chi connectivity index (χ4n) is 1.45. The SMILES string of the molecule is C/C(=C/Cl)CC(C(=O)O)c1ccccc1Br. The number of benzene rings is 1. The van der Waals surface area contributed by atoms with Gasteiger partial charge in [0.05, 0.1) is 5.92 Å². The van der Waals surface area contributed by atoms with E-state index in [1.807, 2.05) is 31.2 Å². The number of aliphatic carboxylic acids is 1. The first-order chi connectivity index (χ1) is 7.56. The van der Waals surface area contributed by atoms with Gasteiger partial charge in [0.25, 0.3) is 0 Å². The Kier molecular flexibility index (Phi) is 5.03. The molecule has 0 aromatic heterocycles. The molecule has 0 saturated carbocycles. The molecule has 0 spiro atoms. The molecule has 0 radical (unpaired) electrons. The molecule has 0 saturated heterocycles. The van der Waals surface area contributed by atoms with Crippen LogP contribution in [0.5, 0.6) is 0 Å². The van der Waals surface area contributed by atoms with Crippen molar-refractivity contribution in [1.82, 2.24) is 0 Å². The van der Waals surface area contributed by atoms with Crippen LogP contribution >= 0.6 is 27.5 Å². The first-order valence-electron chi connectivity index (χ1n) is 4.79. The Morgan fingerprint density at radius 1 is 1.56 bits per heavy atom. The van der Waals surface area contributed by atoms with E-state index in [-0.39, 0.29) is 0 Å². The predicted molar refractivity (Wildman–Crippen MR) is 68.7 cm³/mol. The van der Waals surface area contributed by atoms with E-state index >= 15 is 0 Å². The van der Waals surface area contributed by atoms with Crippen LogP contribution in [0.25, 0.3) is 0 Å². The maximum atomic E-state index is 11.2. The summed E-state index contributed by atoms with van der Waals surface area (Å²) in [7, 11) is 0. The molecule has 2 nitrogen and oxygen atoms in total. The Balaban J connectivity index is 3.04. The summed E-state index contributed by atoms with van der Waals surface area (Å²) in [6, 6.07) is 7.34. The van der Waals surface area contributed by atoms with Gasteiger partial charge < -0.3 is 5.11 Å². The lowest BCUT2D eigenvalue weighted by Crippen LogP contribution is -2.12. The molecular formula is C12H12BrClO2. The molecule has 0 heterocycles. The fourth-order valence-corrected chi connectivity index (χ4v) is 2.10. The third-order valence-electron chi connectivity index (χ3n) is 2.29. The molecule has 1 unspecified atom stereocenters. The number of hydrogen-bond donors (Lipinski definition) is 1. The molecule has 1 aromatic rings. The molecule has 1 rings (SSSR count). The van der Waals surface area contributed by atoms with Crippen molar-refractivity contribution in [3.8, 4) is 0 Å². The zero-order valence-corrected chi connectivity index (χ0v) is 11.1. The Hall–Kier alpha value is -0.800. The van der Waals surface area contributed by atoms with Gasteiger partial charge in [-0.2, -0.15) is 0 Å². The molecule has 0 fully saturated rings. The highest BCUT2D eigenvalue weighted by molar-refractivity contribution is 9.10. The van der Waals surface area contributed by atoms with Crippen LogP contribution in [0, 0.1) is 0 Å². The summed E-state index contributed by atoms with van der Waals surface area (Å²) in [4.78, 5) is 11.2. The van der Waals surface area contributed by atoms with Crippen molar-refractivity contribution in [2.45, 2.75) is 19.3 Å². The number of carboxylic acid groups (broad SMARTS) is 1. The van der Waals surface area contributed by atoms with Crippen LogP contribution in [0.3, 0.4) is 0 Å². The van der Waals surface area contributed by atoms with Crippen LogP contribution in [0.15, 0.2) is 39.8 Å². The second-order valence-corrected chi connectivity index (χ2v) is 4.64. The highest BCUT2D eigenvalue weighted by Gasteiger charge is 2.21. The van der Waals surface area contributed by atoms with Crippen molar-refractivity contribution in [2.24, 2.45) is 0 Å². The van der Waals surface area contributed by atoms with Crippen LogP contribution in [0.2, 0.25) is 0 Å². The first kappa shape index (κ1) is 13.3. The maximum absolute atomic E-state index is 11.2. The average molecular weight is 304 g/mol. The van der Waals surface area contributed by atoms with Gasteiger partial charge in [0, 0.05) is 10.0 Å². The summed E-state index contributed by atoms with van der Waals surface area (Å²) >= 11 is 8.92. The molecule has 1 N–H and O–H groups in total. The van der Waals surface area contributed by atoms with Crippen LogP contribution in [-0.4, -0.2) is 11.1 Å². The van der Waals surface area contributed by atoms with E-state index in [1.165, 1.54) is 5.54 Å². The lowest BCUT2D eigenvalue weighted by Gasteiger charge is -2.14. The molecule has 0 aliphatic carbocycles. The molecule has 1 aromatic carbocycles. The topological polar surface area (TPSA) is 37.3 Å². The molecule has 86 valence electrons. The van der Waals surface area contributed by atoms with Gasteiger partial charge in [-0.3, -0.25) is 4.79 Å². The molecule has 0 aliphatic rings. The van der Waals surface area contributed by atoms with Gasteiger partial charge in [-0.15, -0.1) is 0 Å². The van der Waals surface area contributed by atoms with Gasteiger partial charge in [-0.25, -0.2) is 0 Å². The molecule has 1 atom stereocenters. The van der Waals surface area contributed by atoms with E-state index in [2.05, 4.69) is 15.9 Å². The lowest BCUT2D eigenvalue weighted by molar-refractivity contribution is -0.138. The zero-order valence-electron chi connectivity index (χ0n) is 8.78. The van der Waals surface area contributed by atoms with E-state index < -0.39 is 11.9 Å². The second kappa shape index (κ2) is 6.06. The Morgan fingerprint density at radius 3 is 2.69 bits per heavy atom. The van der Waals surface area contributed by atoms with Gasteiger partial charge in [-0.1, -0.05) is 51.3 Å². The minimum atomic E-state index is -0.843. The summed E-state index contributed by atoms with van der Waals surface area (Å²) in [5.41, 5.74) is 3.05. The summed E-state index contributed by atoms with van der Waals surface area (Å²) < 4.78 is 0.810. The largest absolute Gasteiger partial charge is 0.481 e. The van der Waals surface area contributed by atoms with Gasteiger partial charge in [0.1, 0.15) is 0 Å². The number of carboxylic acids is 1. The standard InChI is InChI=1S/C12H12BrClO2/c1-8(7-14)6-10(12(15)16)9-4-2-3-5-11(9)13/h2-5,7,10H,6H2,1H3,(H,15,16)/b8-7-. The third-order valence-corrected chi connectivity index (χ3v) is 3.39. The van der Waals surface area contributed by atoms with E-state index in [4.69, 9.17) is 11.6 Å². The predicted octanol–water partition coefficient (Wildman–Crippen LogP) is 4.15. The monoisotopic (exact) mass is 302 g/mol. The summed E-state index contributed by atoms with van der Waals surface area (Å²) in [5, 5.41) is 9.20. The molecule has 4 heteroatoms. The number of rotatable bonds is 4. The Labute approximate surface area is 108 Å². The van der Waals surface area contributed by atoms with Gasteiger partial charge in [0.2, 0.25) is 0 Å². The molecular weight excluding hydrogens is 291 g/mol. The quantitative estimate of drug-likeness (QED) is 0.907. The normalized spacial score (nSPS) is 13.6. The van der Waals surface area contributed by atoms with Crippen LogP contribution in [-0.2, 0) is 4.79 Å². The summed E-state index contributed by atoms with van der Waals surface area (Å²) in [6.07, 6.45) is 0.418. The highest BCUT2D eigenvalue weighted by atomic mass is 79.9. The number of halogens is 2. The van der Waals surface area contributed by atoms with Crippen molar-refractivity contribution in [3.63, 3.8) is 0 Å². The molecule has 16 heavy (non-hydrogen) atoms. The minimum absolute atomic E-state index is 0.418. The Morgan fingerprint density at radius 2 is 2.19 bits per heavy atom. The molecule has 0 bridgehead atoms. The zero-order chi connectivity index (χ0) is 12.1. The number of carbonyl (C=O) groups is 1.